The zero-order valence-electron chi connectivity index (χ0n) is 5.17. The highest BCUT2D eigenvalue weighted by molar-refractivity contribution is 8.68. The number of primary amides is 1. The third-order valence-corrected chi connectivity index (χ3v) is 1.93. The topological polar surface area (TPSA) is 43.1 Å². The lowest BCUT2D eigenvalue weighted by molar-refractivity contribution is -0.118. The monoisotopic (exact) mass is 165 g/mol. The second kappa shape index (κ2) is 6.29. The maximum atomic E-state index is 10.2. The van der Waals surface area contributed by atoms with E-state index in [-0.39, 0.29) is 5.91 Å². The highest BCUT2D eigenvalue weighted by Crippen LogP contribution is 2.08. The van der Waals surface area contributed by atoms with Crippen LogP contribution in [0.4, 0.5) is 0 Å². The zero-order valence-corrected chi connectivity index (χ0v) is 6.88. The van der Waals surface area contributed by atoms with Gasteiger partial charge in [-0.2, -0.15) is 0 Å². The lowest BCUT2D eigenvalue weighted by atomic mass is 10.2. The quantitative estimate of drug-likeness (QED) is 0.365. The summed E-state index contributed by atoms with van der Waals surface area (Å²) in [4.78, 5) is 10.2. The first kappa shape index (κ1) is 9.17. The van der Waals surface area contributed by atoms with Gasteiger partial charge in [0.1, 0.15) is 0 Å². The molecule has 0 aromatic carbocycles. The minimum absolute atomic E-state index is 0.209. The van der Waals surface area contributed by atoms with Crippen molar-refractivity contribution in [3.8, 4) is 0 Å². The van der Waals surface area contributed by atoms with Crippen LogP contribution in [-0.2, 0) is 4.79 Å². The maximum absolute atomic E-state index is 10.2. The molecule has 2 nitrogen and oxygen atoms in total. The van der Waals surface area contributed by atoms with E-state index in [0.717, 1.165) is 18.6 Å². The van der Waals surface area contributed by atoms with Gasteiger partial charge in [-0.15, -0.1) is 11.7 Å². The highest BCUT2D eigenvalue weighted by Gasteiger charge is 1.92. The van der Waals surface area contributed by atoms with E-state index in [4.69, 9.17) is 5.73 Å². The van der Waals surface area contributed by atoms with E-state index in [1.54, 1.807) is 0 Å². The largest absolute Gasteiger partial charge is 0.370 e. The first-order chi connectivity index (χ1) is 4.27. The molecule has 0 atom stereocenters. The maximum Gasteiger partial charge on any atom is 0.217 e. The molecule has 0 saturated carbocycles. The van der Waals surface area contributed by atoms with Crippen LogP contribution in [0.15, 0.2) is 0 Å². The van der Waals surface area contributed by atoms with Crippen molar-refractivity contribution in [2.45, 2.75) is 19.3 Å². The molecule has 4 heteroatoms. The molecular weight excluding hydrogens is 154 g/mol. The number of unbranched alkanes of at least 4 members (excludes halogenated alkanes) is 1. The van der Waals surface area contributed by atoms with E-state index in [1.807, 2.05) is 0 Å². The molecule has 1 amide bonds. The number of carbonyl (C=O) groups excluding carboxylic acids is 1. The summed E-state index contributed by atoms with van der Waals surface area (Å²) in [6, 6.07) is 0. The summed E-state index contributed by atoms with van der Waals surface area (Å²) in [6.45, 7) is 0. The molecule has 0 fully saturated rings. The van der Waals surface area contributed by atoms with E-state index in [9.17, 15) is 4.79 Å². The number of hydrogen-bond donors (Lipinski definition) is 2. The standard InChI is InChI=1S/C5H11NOS2/c6-5(7)3-1-2-4-9-8/h8H,1-4H2,(H2,6,7). The van der Waals surface area contributed by atoms with Gasteiger partial charge < -0.3 is 5.73 Å². The van der Waals surface area contributed by atoms with Crippen LogP contribution >= 0.6 is 22.5 Å². The predicted molar refractivity (Wildman–Crippen MR) is 44.5 cm³/mol. The minimum atomic E-state index is -0.209. The summed E-state index contributed by atoms with van der Waals surface area (Å²) in [5, 5.41) is 0. The van der Waals surface area contributed by atoms with Crippen LogP contribution in [0.1, 0.15) is 19.3 Å². The molecule has 54 valence electrons. The first-order valence-electron chi connectivity index (χ1n) is 2.82. The Labute approximate surface area is 64.4 Å². The molecule has 0 aliphatic heterocycles. The Morgan fingerprint density at radius 3 is 2.67 bits per heavy atom. The number of thiol groups is 1. The van der Waals surface area contributed by atoms with Gasteiger partial charge in [-0.05, 0) is 12.8 Å². The molecule has 0 unspecified atom stereocenters. The van der Waals surface area contributed by atoms with Gasteiger partial charge in [0.2, 0.25) is 5.91 Å². The Bertz CT molecular complexity index is 87.0. The van der Waals surface area contributed by atoms with Crippen LogP contribution in [0.2, 0.25) is 0 Å². The van der Waals surface area contributed by atoms with Crippen LogP contribution in [0.3, 0.4) is 0 Å². The Morgan fingerprint density at radius 1 is 1.56 bits per heavy atom. The second-order valence-corrected chi connectivity index (χ2v) is 3.20. The number of hydrogen-bond acceptors (Lipinski definition) is 3. The van der Waals surface area contributed by atoms with Gasteiger partial charge in [0.15, 0.2) is 0 Å². The average Bonchev–Trinajstić information content (AvgIpc) is 1.80. The summed E-state index contributed by atoms with van der Waals surface area (Å²) in [5.74, 6) is 0.787. The molecule has 0 spiro atoms. The van der Waals surface area contributed by atoms with Crippen molar-refractivity contribution in [1.29, 1.82) is 0 Å². The van der Waals surface area contributed by atoms with Crippen LogP contribution in [0, 0.1) is 0 Å². The van der Waals surface area contributed by atoms with E-state index in [1.165, 1.54) is 10.8 Å². The summed E-state index contributed by atoms with van der Waals surface area (Å²) in [6.07, 6.45) is 2.42. The molecule has 0 aliphatic carbocycles. The third kappa shape index (κ3) is 8.17. The average molecular weight is 165 g/mol. The van der Waals surface area contributed by atoms with E-state index >= 15 is 0 Å². The molecule has 0 aliphatic rings. The Hall–Kier alpha value is 0.170. The van der Waals surface area contributed by atoms with E-state index < -0.39 is 0 Å². The van der Waals surface area contributed by atoms with Crippen molar-refractivity contribution in [2.75, 3.05) is 5.75 Å². The highest BCUT2D eigenvalue weighted by atomic mass is 33.1. The lowest BCUT2D eigenvalue weighted by Gasteiger charge is -1.93. The smallest absolute Gasteiger partial charge is 0.217 e. The van der Waals surface area contributed by atoms with Crippen molar-refractivity contribution in [2.24, 2.45) is 5.73 Å². The summed E-state index contributed by atoms with van der Waals surface area (Å²) in [5.41, 5.74) is 4.91. The van der Waals surface area contributed by atoms with Crippen molar-refractivity contribution >= 4 is 28.4 Å². The SMILES string of the molecule is NC(=O)CCCCSS. The fraction of sp³-hybridized carbons (Fsp3) is 0.800. The van der Waals surface area contributed by atoms with Crippen LogP contribution in [0.25, 0.3) is 0 Å². The normalized spacial score (nSPS) is 9.44. The molecule has 9 heavy (non-hydrogen) atoms. The zero-order chi connectivity index (χ0) is 7.11. The first-order valence-corrected chi connectivity index (χ1v) is 4.86. The minimum Gasteiger partial charge on any atom is -0.370 e. The second-order valence-electron chi connectivity index (χ2n) is 1.76. The van der Waals surface area contributed by atoms with Crippen molar-refractivity contribution in [3.05, 3.63) is 0 Å². The molecule has 0 aromatic rings. The number of rotatable bonds is 5. The van der Waals surface area contributed by atoms with Gasteiger partial charge in [0.05, 0.1) is 0 Å². The van der Waals surface area contributed by atoms with Gasteiger partial charge >= 0.3 is 0 Å². The van der Waals surface area contributed by atoms with Gasteiger partial charge in [-0.3, -0.25) is 4.79 Å². The van der Waals surface area contributed by atoms with Crippen LogP contribution < -0.4 is 5.73 Å². The van der Waals surface area contributed by atoms with Gasteiger partial charge in [-0.1, -0.05) is 10.8 Å². The molecular formula is C5H11NOS2. The molecule has 2 N–H and O–H groups in total. The fourth-order valence-corrected chi connectivity index (χ4v) is 1.19. The van der Waals surface area contributed by atoms with E-state index in [0.29, 0.717) is 6.42 Å². The molecule has 0 aromatic heterocycles. The third-order valence-electron chi connectivity index (χ3n) is 0.909. The summed E-state index contributed by atoms with van der Waals surface area (Å²) in [7, 11) is 1.50. The van der Waals surface area contributed by atoms with Gasteiger partial charge in [0, 0.05) is 12.2 Å². The number of carbonyl (C=O) groups is 1. The van der Waals surface area contributed by atoms with Crippen molar-refractivity contribution in [1.82, 2.24) is 0 Å². The van der Waals surface area contributed by atoms with Gasteiger partial charge in [-0.25, -0.2) is 0 Å². The van der Waals surface area contributed by atoms with Crippen LogP contribution in [0.5, 0.6) is 0 Å². The Morgan fingerprint density at radius 2 is 2.22 bits per heavy atom. The Kier molecular flexibility index (Phi) is 6.41. The molecule has 0 radical (unpaired) electrons. The lowest BCUT2D eigenvalue weighted by Crippen LogP contribution is -2.09. The Balaban J connectivity index is 2.83. The number of nitrogens with two attached hydrogens (primary N) is 1. The number of amides is 1. The summed E-state index contributed by atoms with van der Waals surface area (Å²) >= 11 is 3.95. The van der Waals surface area contributed by atoms with E-state index in [2.05, 4.69) is 11.7 Å². The fourth-order valence-electron chi connectivity index (χ4n) is 0.466. The molecule has 0 bridgehead atoms. The summed E-state index contributed by atoms with van der Waals surface area (Å²) < 4.78 is 0. The molecule has 0 saturated heterocycles. The van der Waals surface area contributed by atoms with Gasteiger partial charge in [0.25, 0.3) is 0 Å². The predicted octanol–water partition coefficient (Wildman–Crippen LogP) is 1.22. The van der Waals surface area contributed by atoms with Crippen molar-refractivity contribution < 1.29 is 4.79 Å². The molecule has 0 heterocycles. The van der Waals surface area contributed by atoms with Crippen molar-refractivity contribution in [3.63, 3.8) is 0 Å². The van der Waals surface area contributed by atoms with Crippen LogP contribution in [-0.4, -0.2) is 11.7 Å². The molecule has 0 rings (SSSR count).